The number of carbonyl (C=O) groups is 1. The monoisotopic (exact) mass is 399 g/mol. The highest BCUT2D eigenvalue weighted by Gasteiger charge is 2.14. The van der Waals surface area contributed by atoms with E-state index in [0.717, 1.165) is 5.39 Å². The molecule has 30 heavy (non-hydrogen) atoms. The van der Waals surface area contributed by atoms with Gasteiger partial charge in [-0.15, -0.1) is 5.11 Å². The molecule has 0 saturated carbocycles. The summed E-state index contributed by atoms with van der Waals surface area (Å²) in [5.74, 6) is -0.106. The summed E-state index contributed by atoms with van der Waals surface area (Å²) in [5.41, 5.74) is 3.34. The number of ether oxygens (including phenoxy) is 1. The Morgan fingerprint density at radius 3 is 2.50 bits per heavy atom. The van der Waals surface area contributed by atoms with Gasteiger partial charge in [0.2, 0.25) is 0 Å². The molecule has 4 rings (SSSR count). The van der Waals surface area contributed by atoms with E-state index in [4.69, 9.17) is 4.74 Å². The number of pyridine rings is 1. The lowest BCUT2D eigenvalue weighted by Gasteiger charge is -2.07. The van der Waals surface area contributed by atoms with Gasteiger partial charge in [0.25, 0.3) is 0 Å². The van der Waals surface area contributed by atoms with Crippen LogP contribution < -0.4 is 4.74 Å². The second kappa shape index (κ2) is 8.04. The number of rotatable bonds is 4. The summed E-state index contributed by atoms with van der Waals surface area (Å²) in [6, 6.07) is 10.3. The third kappa shape index (κ3) is 3.97. The molecule has 0 unspecified atom stereocenters. The van der Waals surface area contributed by atoms with E-state index >= 15 is 0 Å². The Labute approximate surface area is 171 Å². The van der Waals surface area contributed by atoms with E-state index in [1.807, 2.05) is 6.07 Å². The Morgan fingerprint density at radius 1 is 1.03 bits per heavy atom. The van der Waals surface area contributed by atoms with Crippen LogP contribution in [0.1, 0.15) is 21.5 Å². The van der Waals surface area contributed by atoms with Crippen molar-refractivity contribution in [3.8, 4) is 11.5 Å². The van der Waals surface area contributed by atoms with Crippen molar-refractivity contribution in [3.05, 3.63) is 78.0 Å². The van der Waals surface area contributed by atoms with E-state index in [-0.39, 0.29) is 17.1 Å². The molecule has 2 heterocycles. The Balaban J connectivity index is 1.73. The molecule has 2 aromatic heterocycles. The summed E-state index contributed by atoms with van der Waals surface area (Å²) < 4.78 is 5.32. The first-order valence-corrected chi connectivity index (χ1v) is 9.09. The van der Waals surface area contributed by atoms with Crippen molar-refractivity contribution in [2.45, 2.75) is 13.8 Å². The van der Waals surface area contributed by atoms with Crippen LogP contribution in [0.5, 0.6) is 11.5 Å². The molecule has 0 fully saturated rings. The SMILES string of the molecule is Cc1cc(N=Nc2cc(C(=O)Oc3cncnc3)cc3ncccc23)cc(C)c1O. The summed E-state index contributed by atoms with van der Waals surface area (Å²) in [6.45, 7) is 3.59. The molecule has 0 amide bonds. The van der Waals surface area contributed by atoms with E-state index in [1.165, 1.54) is 18.7 Å². The van der Waals surface area contributed by atoms with Gasteiger partial charge in [-0.2, -0.15) is 5.11 Å². The third-order valence-electron chi connectivity index (χ3n) is 4.43. The highest BCUT2D eigenvalue weighted by atomic mass is 16.5. The molecule has 0 bridgehead atoms. The summed E-state index contributed by atoms with van der Waals surface area (Å²) >= 11 is 0. The van der Waals surface area contributed by atoms with Crippen LogP contribution in [0, 0.1) is 13.8 Å². The first kappa shape index (κ1) is 19.1. The molecule has 8 heteroatoms. The van der Waals surface area contributed by atoms with E-state index in [0.29, 0.717) is 28.0 Å². The van der Waals surface area contributed by atoms with Crippen molar-refractivity contribution in [2.24, 2.45) is 10.2 Å². The Kier molecular flexibility index (Phi) is 5.13. The van der Waals surface area contributed by atoms with Crippen molar-refractivity contribution in [1.29, 1.82) is 0 Å². The number of hydrogen-bond acceptors (Lipinski definition) is 8. The number of nitrogens with zero attached hydrogens (tertiary/aromatic N) is 5. The standard InChI is InChI=1S/C22H17N5O3/c1-13-6-16(7-14(2)21(13)28)26-27-20-9-15(8-19-18(20)4-3-5-25-19)22(29)30-17-10-23-12-24-11-17/h3-12,28H,1-2H3. The second-order valence-electron chi connectivity index (χ2n) is 6.66. The first-order chi connectivity index (χ1) is 14.5. The van der Waals surface area contributed by atoms with E-state index in [1.54, 1.807) is 50.4 Å². The fraction of sp³-hybridized carbons (Fsp3) is 0.0909. The number of aromatic nitrogens is 3. The number of carbonyl (C=O) groups excluding carboxylic acids is 1. The largest absolute Gasteiger partial charge is 0.507 e. The lowest BCUT2D eigenvalue weighted by Crippen LogP contribution is -2.09. The van der Waals surface area contributed by atoms with Gasteiger partial charge in [-0.25, -0.2) is 14.8 Å². The molecule has 0 aliphatic rings. The molecule has 0 aliphatic heterocycles. The number of phenols is 1. The molecular weight excluding hydrogens is 382 g/mol. The summed E-state index contributed by atoms with van der Waals surface area (Å²) in [5, 5.41) is 19.3. The van der Waals surface area contributed by atoms with Crippen molar-refractivity contribution in [3.63, 3.8) is 0 Å². The molecule has 0 aliphatic carbocycles. The smallest absolute Gasteiger partial charge is 0.343 e. The van der Waals surface area contributed by atoms with Gasteiger partial charge >= 0.3 is 5.97 Å². The lowest BCUT2D eigenvalue weighted by molar-refractivity contribution is 0.0733. The molecule has 0 atom stereocenters. The Morgan fingerprint density at radius 2 is 1.77 bits per heavy atom. The van der Waals surface area contributed by atoms with E-state index in [9.17, 15) is 9.90 Å². The van der Waals surface area contributed by atoms with Gasteiger partial charge in [0, 0.05) is 11.6 Å². The number of benzene rings is 2. The van der Waals surface area contributed by atoms with Gasteiger partial charge in [0.15, 0.2) is 5.75 Å². The number of aryl methyl sites for hydroxylation is 2. The molecule has 1 N–H and O–H groups in total. The predicted octanol–water partition coefficient (Wildman–Crippen LogP) is 4.98. The van der Waals surface area contributed by atoms with Gasteiger partial charge in [0.1, 0.15) is 12.1 Å². The maximum Gasteiger partial charge on any atom is 0.343 e. The van der Waals surface area contributed by atoms with Crippen molar-refractivity contribution >= 4 is 28.2 Å². The molecule has 4 aromatic rings. The van der Waals surface area contributed by atoms with Crippen molar-refractivity contribution < 1.29 is 14.6 Å². The molecular formula is C22H17N5O3. The highest BCUT2D eigenvalue weighted by Crippen LogP contribution is 2.31. The zero-order valence-corrected chi connectivity index (χ0v) is 16.3. The van der Waals surface area contributed by atoms with Crippen molar-refractivity contribution in [1.82, 2.24) is 15.0 Å². The topological polar surface area (TPSA) is 110 Å². The van der Waals surface area contributed by atoms with Gasteiger partial charge in [-0.3, -0.25) is 4.98 Å². The van der Waals surface area contributed by atoms with Crippen LogP contribution in [0.4, 0.5) is 11.4 Å². The summed E-state index contributed by atoms with van der Waals surface area (Å²) in [7, 11) is 0. The summed E-state index contributed by atoms with van der Waals surface area (Å²) in [4.78, 5) is 24.6. The number of fused-ring (bicyclic) bond motifs is 1. The average Bonchev–Trinajstić information content (AvgIpc) is 2.76. The maximum atomic E-state index is 12.6. The minimum absolute atomic E-state index is 0.234. The van der Waals surface area contributed by atoms with Crippen LogP contribution in [0.3, 0.4) is 0 Å². The van der Waals surface area contributed by atoms with Crippen LogP contribution >= 0.6 is 0 Å². The molecule has 0 spiro atoms. The maximum absolute atomic E-state index is 12.6. The fourth-order valence-electron chi connectivity index (χ4n) is 2.97. The van der Waals surface area contributed by atoms with Gasteiger partial charge in [-0.1, -0.05) is 0 Å². The van der Waals surface area contributed by atoms with Crippen LogP contribution in [-0.2, 0) is 0 Å². The molecule has 148 valence electrons. The molecule has 0 saturated heterocycles. The number of hydrogen-bond donors (Lipinski definition) is 1. The van der Waals surface area contributed by atoms with Crippen LogP contribution in [0.25, 0.3) is 10.9 Å². The number of phenolic OH excluding ortho intramolecular Hbond substituents is 1. The number of esters is 1. The van der Waals surface area contributed by atoms with Gasteiger partial charge < -0.3 is 9.84 Å². The van der Waals surface area contributed by atoms with Gasteiger partial charge in [0.05, 0.1) is 34.8 Å². The van der Waals surface area contributed by atoms with E-state index in [2.05, 4.69) is 25.2 Å². The zero-order chi connectivity index (χ0) is 21.1. The molecule has 8 nitrogen and oxygen atoms in total. The minimum atomic E-state index is -0.579. The molecule has 0 radical (unpaired) electrons. The molecule has 2 aromatic carbocycles. The summed E-state index contributed by atoms with van der Waals surface area (Å²) in [6.07, 6.45) is 5.79. The quantitative estimate of drug-likeness (QED) is 0.383. The lowest BCUT2D eigenvalue weighted by atomic mass is 10.1. The predicted molar refractivity (Wildman–Crippen MR) is 110 cm³/mol. The normalized spacial score (nSPS) is 11.1. The zero-order valence-electron chi connectivity index (χ0n) is 16.3. The minimum Gasteiger partial charge on any atom is -0.507 e. The van der Waals surface area contributed by atoms with Crippen LogP contribution in [0.2, 0.25) is 0 Å². The number of azo groups is 1. The van der Waals surface area contributed by atoms with Gasteiger partial charge in [-0.05, 0) is 61.4 Å². The van der Waals surface area contributed by atoms with Crippen LogP contribution in [0.15, 0.2) is 71.5 Å². The van der Waals surface area contributed by atoms with E-state index < -0.39 is 5.97 Å². The first-order valence-electron chi connectivity index (χ1n) is 9.09. The van der Waals surface area contributed by atoms with Crippen molar-refractivity contribution in [2.75, 3.05) is 0 Å². The highest BCUT2D eigenvalue weighted by molar-refractivity contribution is 6.00. The average molecular weight is 399 g/mol. The number of aromatic hydroxyl groups is 1. The Bertz CT molecular complexity index is 1250. The van der Waals surface area contributed by atoms with Crippen LogP contribution in [-0.4, -0.2) is 26.0 Å². The Hall–Kier alpha value is -4.20. The fourth-order valence-corrected chi connectivity index (χ4v) is 2.97. The second-order valence-corrected chi connectivity index (χ2v) is 6.66. The third-order valence-corrected chi connectivity index (χ3v) is 4.43.